The molecule has 1 atom stereocenters. The lowest BCUT2D eigenvalue weighted by molar-refractivity contribution is -0.113. The minimum atomic E-state index is -0.181. The van der Waals surface area contributed by atoms with Gasteiger partial charge in [0.25, 0.3) is 5.91 Å². The molecular weight excluding hydrogens is 370 g/mol. The number of carbonyl (C=O) groups is 2. The Bertz CT molecular complexity index is 738. The van der Waals surface area contributed by atoms with Crippen molar-refractivity contribution in [3.8, 4) is 0 Å². The molecule has 0 spiro atoms. The summed E-state index contributed by atoms with van der Waals surface area (Å²) >= 11 is 1.34. The Morgan fingerprint density at radius 1 is 1.12 bits per heavy atom. The van der Waals surface area contributed by atoms with E-state index in [0.717, 1.165) is 16.1 Å². The SMILES string of the molecule is Cc1ccc(NC(=O)CSc2ccccc2C(=O)N[C@@H](C)CN)cc1.Cl. The molecule has 0 aliphatic heterocycles. The molecule has 5 nitrogen and oxygen atoms in total. The molecule has 26 heavy (non-hydrogen) atoms. The molecule has 0 bridgehead atoms. The molecule has 2 rings (SSSR count). The molecule has 0 radical (unpaired) electrons. The molecule has 0 heterocycles. The number of hydrogen-bond donors (Lipinski definition) is 3. The summed E-state index contributed by atoms with van der Waals surface area (Å²) in [5, 5.41) is 5.69. The zero-order valence-corrected chi connectivity index (χ0v) is 16.5. The molecule has 4 N–H and O–H groups in total. The van der Waals surface area contributed by atoms with Crippen LogP contribution in [0.5, 0.6) is 0 Å². The summed E-state index contributed by atoms with van der Waals surface area (Å²) < 4.78 is 0. The maximum absolute atomic E-state index is 12.3. The summed E-state index contributed by atoms with van der Waals surface area (Å²) in [6.07, 6.45) is 0. The topological polar surface area (TPSA) is 84.2 Å². The summed E-state index contributed by atoms with van der Waals surface area (Å²) in [6.45, 7) is 4.22. The van der Waals surface area contributed by atoms with Gasteiger partial charge in [0, 0.05) is 23.2 Å². The van der Waals surface area contributed by atoms with Crippen molar-refractivity contribution in [1.82, 2.24) is 5.32 Å². The van der Waals surface area contributed by atoms with Crippen LogP contribution < -0.4 is 16.4 Å². The first-order valence-corrected chi connectivity index (χ1v) is 9.07. The molecular formula is C19H24ClN3O2S. The average Bonchev–Trinajstić information content (AvgIpc) is 2.62. The van der Waals surface area contributed by atoms with Gasteiger partial charge in [-0.15, -0.1) is 24.2 Å². The Kier molecular flexibility index (Phi) is 9.19. The fourth-order valence-corrected chi connectivity index (χ4v) is 2.97. The third-order valence-corrected chi connectivity index (χ3v) is 4.63. The molecule has 2 aromatic rings. The first-order valence-electron chi connectivity index (χ1n) is 8.09. The number of nitrogens with two attached hydrogens (primary N) is 1. The standard InChI is InChI=1S/C19H23N3O2S.ClH/c1-13-7-9-15(10-8-13)22-18(23)12-25-17-6-4-3-5-16(17)19(24)21-14(2)11-20;/h3-10,14H,11-12,20H2,1-2H3,(H,21,24)(H,22,23);1H/t14-;/m0./s1. The molecule has 2 amide bonds. The summed E-state index contributed by atoms with van der Waals surface area (Å²) in [4.78, 5) is 25.2. The van der Waals surface area contributed by atoms with Crippen LogP contribution in [0.15, 0.2) is 53.4 Å². The highest BCUT2D eigenvalue weighted by Crippen LogP contribution is 2.23. The lowest BCUT2D eigenvalue weighted by Gasteiger charge is -2.13. The summed E-state index contributed by atoms with van der Waals surface area (Å²) in [5.41, 5.74) is 8.00. The highest BCUT2D eigenvalue weighted by Gasteiger charge is 2.14. The highest BCUT2D eigenvalue weighted by atomic mass is 35.5. The van der Waals surface area contributed by atoms with E-state index in [2.05, 4.69) is 10.6 Å². The van der Waals surface area contributed by atoms with Crippen molar-refractivity contribution in [2.24, 2.45) is 5.73 Å². The number of anilines is 1. The third-order valence-electron chi connectivity index (χ3n) is 3.56. The minimum Gasteiger partial charge on any atom is -0.348 e. The van der Waals surface area contributed by atoms with Crippen LogP contribution in [0.25, 0.3) is 0 Å². The molecule has 7 heteroatoms. The van der Waals surface area contributed by atoms with Crippen molar-refractivity contribution in [3.63, 3.8) is 0 Å². The Balaban J connectivity index is 0.00000338. The number of thioether (sulfide) groups is 1. The van der Waals surface area contributed by atoms with E-state index in [1.54, 1.807) is 12.1 Å². The van der Waals surface area contributed by atoms with E-state index in [1.165, 1.54) is 11.8 Å². The number of benzene rings is 2. The van der Waals surface area contributed by atoms with Gasteiger partial charge in [-0.25, -0.2) is 0 Å². The number of carbonyl (C=O) groups excluding carboxylic acids is 2. The highest BCUT2D eigenvalue weighted by molar-refractivity contribution is 8.00. The Morgan fingerprint density at radius 2 is 1.77 bits per heavy atom. The lowest BCUT2D eigenvalue weighted by Crippen LogP contribution is -2.38. The fourth-order valence-electron chi connectivity index (χ4n) is 2.12. The van der Waals surface area contributed by atoms with Crippen LogP contribution in [0.2, 0.25) is 0 Å². The van der Waals surface area contributed by atoms with Crippen molar-refractivity contribution in [2.75, 3.05) is 17.6 Å². The van der Waals surface area contributed by atoms with Crippen LogP contribution in [-0.2, 0) is 4.79 Å². The fraction of sp³-hybridized carbons (Fsp3) is 0.263. The smallest absolute Gasteiger partial charge is 0.252 e. The number of nitrogens with one attached hydrogen (secondary N) is 2. The van der Waals surface area contributed by atoms with Gasteiger partial charge in [-0.1, -0.05) is 29.8 Å². The van der Waals surface area contributed by atoms with Crippen molar-refractivity contribution in [2.45, 2.75) is 24.8 Å². The van der Waals surface area contributed by atoms with Gasteiger partial charge in [0.2, 0.25) is 5.91 Å². The number of aryl methyl sites for hydroxylation is 1. The molecule has 0 aromatic heterocycles. The second-order valence-electron chi connectivity index (χ2n) is 5.81. The maximum Gasteiger partial charge on any atom is 0.252 e. The molecule has 0 saturated heterocycles. The molecule has 140 valence electrons. The molecule has 2 aromatic carbocycles. The molecule has 0 unspecified atom stereocenters. The van der Waals surface area contributed by atoms with E-state index >= 15 is 0 Å². The zero-order valence-electron chi connectivity index (χ0n) is 14.8. The van der Waals surface area contributed by atoms with Gasteiger partial charge in [0.05, 0.1) is 11.3 Å². The van der Waals surface area contributed by atoms with Gasteiger partial charge < -0.3 is 16.4 Å². The van der Waals surface area contributed by atoms with E-state index in [0.29, 0.717) is 12.1 Å². The normalized spacial score (nSPS) is 11.2. The Labute approximate surface area is 164 Å². The van der Waals surface area contributed by atoms with Crippen LogP contribution in [0.3, 0.4) is 0 Å². The van der Waals surface area contributed by atoms with Gasteiger partial charge in [-0.2, -0.15) is 0 Å². The van der Waals surface area contributed by atoms with Crippen LogP contribution >= 0.6 is 24.2 Å². The van der Waals surface area contributed by atoms with Crippen LogP contribution in [0.4, 0.5) is 5.69 Å². The molecule has 0 fully saturated rings. The van der Waals surface area contributed by atoms with Crippen LogP contribution in [0, 0.1) is 6.92 Å². The van der Waals surface area contributed by atoms with E-state index in [9.17, 15) is 9.59 Å². The van der Waals surface area contributed by atoms with Crippen molar-refractivity contribution >= 4 is 41.7 Å². The first kappa shape index (κ1) is 22.0. The summed E-state index contributed by atoms with van der Waals surface area (Å²) in [7, 11) is 0. The summed E-state index contributed by atoms with van der Waals surface area (Å²) in [5.74, 6) is -0.0654. The van der Waals surface area contributed by atoms with Crippen LogP contribution in [0.1, 0.15) is 22.8 Å². The van der Waals surface area contributed by atoms with E-state index in [4.69, 9.17) is 5.73 Å². The first-order chi connectivity index (χ1) is 12.0. The summed E-state index contributed by atoms with van der Waals surface area (Å²) in [6, 6.07) is 14.8. The predicted octanol–water partition coefficient (Wildman–Crippen LogP) is 3.22. The van der Waals surface area contributed by atoms with E-state index < -0.39 is 0 Å². The Morgan fingerprint density at radius 3 is 2.42 bits per heavy atom. The second-order valence-corrected chi connectivity index (χ2v) is 6.83. The van der Waals surface area contributed by atoms with E-state index in [-0.39, 0.29) is 36.0 Å². The largest absolute Gasteiger partial charge is 0.348 e. The van der Waals surface area contributed by atoms with Gasteiger partial charge in [-0.05, 0) is 38.1 Å². The van der Waals surface area contributed by atoms with Crippen molar-refractivity contribution in [3.05, 3.63) is 59.7 Å². The number of halogens is 1. The van der Waals surface area contributed by atoms with Gasteiger partial charge >= 0.3 is 0 Å². The third kappa shape index (κ3) is 6.71. The van der Waals surface area contributed by atoms with Crippen molar-refractivity contribution in [1.29, 1.82) is 0 Å². The van der Waals surface area contributed by atoms with Crippen LogP contribution in [-0.4, -0.2) is 30.2 Å². The van der Waals surface area contributed by atoms with Crippen molar-refractivity contribution < 1.29 is 9.59 Å². The number of hydrogen-bond acceptors (Lipinski definition) is 4. The minimum absolute atomic E-state index is 0. The second kappa shape index (κ2) is 10.9. The lowest BCUT2D eigenvalue weighted by atomic mass is 10.2. The molecule has 0 aliphatic carbocycles. The Hall–Kier alpha value is -2.02. The van der Waals surface area contributed by atoms with E-state index in [1.807, 2.05) is 50.2 Å². The molecule has 0 aliphatic rings. The van der Waals surface area contributed by atoms with Gasteiger partial charge in [-0.3, -0.25) is 9.59 Å². The zero-order chi connectivity index (χ0) is 18.2. The maximum atomic E-state index is 12.3. The molecule has 0 saturated carbocycles. The number of amides is 2. The predicted molar refractivity (Wildman–Crippen MR) is 110 cm³/mol. The van der Waals surface area contributed by atoms with Gasteiger partial charge in [0.1, 0.15) is 0 Å². The van der Waals surface area contributed by atoms with Gasteiger partial charge in [0.15, 0.2) is 0 Å². The average molecular weight is 394 g/mol. The quantitative estimate of drug-likeness (QED) is 0.630. The number of rotatable bonds is 7. The monoisotopic (exact) mass is 393 g/mol.